The molecule has 1 aromatic carbocycles. The van der Waals surface area contributed by atoms with Gasteiger partial charge in [0, 0.05) is 38.6 Å². The van der Waals surface area contributed by atoms with Crippen LogP contribution in [0, 0.1) is 12.8 Å². The molecule has 3 heterocycles. The lowest BCUT2D eigenvalue weighted by molar-refractivity contribution is -0.118. The largest absolute Gasteiger partial charge is 0.368 e. The number of anilines is 2. The number of rotatable bonds is 5. The van der Waals surface area contributed by atoms with E-state index >= 15 is 0 Å². The Kier molecular flexibility index (Phi) is 5.49. The molecule has 7 heteroatoms. The van der Waals surface area contributed by atoms with Gasteiger partial charge in [-0.1, -0.05) is 44.2 Å². The average molecular weight is 393 g/mol. The van der Waals surface area contributed by atoms with Gasteiger partial charge in [-0.3, -0.25) is 15.0 Å². The van der Waals surface area contributed by atoms with Gasteiger partial charge >= 0.3 is 0 Å². The maximum absolute atomic E-state index is 11.9. The summed E-state index contributed by atoms with van der Waals surface area (Å²) in [6.07, 6.45) is 0. The van der Waals surface area contributed by atoms with Crippen LogP contribution in [-0.4, -0.2) is 51.6 Å². The van der Waals surface area contributed by atoms with Crippen LogP contribution in [0.4, 0.5) is 11.6 Å². The summed E-state index contributed by atoms with van der Waals surface area (Å²) >= 11 is 0. The van der Waals surface area contributed by atoms with Gasteiger partial charge < -0.3 is 4.90 Å². The summed E-state index contributed by atoms with van der Waals surface area (Å²) in [5.74, 6) is 0.176. The van der Waals surface area contributed by atoms with E-state index in [1.807, 2.05) is 24.4 Å². The zero-order valence-electron chi connectivity index (χ0n) is 17.3. The lowest BCUT2D eigenvalue weighted by Gasteiger charge is -2.36. The van der Waals surface area contributed by atoms with E-state index in [1.54, 1.807) is 0 Å². The first-order valence-electron chi connectivity index (χ1n) is 10.2. The van der Waals surface area contributed by atoms with Gasteiger partial charge in [0.25, 0.3) is 0 Å². The van der Waals surface area contributed by atoms with Crippen LogP contribution < -0.4 is 10.2 Å². The Balaban J connectivity index is 1.45. The first-order valence-corrected chi connectivity index (χ1v) is 10.2. The van der Waals surface area contributed by atoms with Crippen molar-refractivity contribution in [3.05, 3.63) is 53.7 Å². The molecule has 0 aliphatic carbocycles. The fourth-order valence-electron chi connectivity index (χ4n) is 3.69. The van der Waals surface area contributed by atoms with Gasteiger partial charge in [0.15, 0.2) is 5.65 Å². The Hall–Kier alpha value is -2.93. The molecule has 1 amide bonds. The Bertz CT molecular complexity index is 989. The quantitative estimate of drug-likeness (QED) is 0.723. The van der Waals surface area contributed by atoms with Crippen LogP contribution in [0.15, 0.2) is 42.5 Å². The van der Waals surface area contributed by atoms with Gasteiger partial charge in [-0.15, -0.1) is 5.10 Å². The Labute approximate surface area is 171 Å². The highest BCUT2D eigenvalue weighted by atomic mass is 16.2. The van der Waals surface area contributed by atoms with E-state index in [-0.39, 0.29) is 11.8 Å². The number of amides is 1. The number of benzene rings is 1. The van der Waals surface area contributed by atoms with Crippen LogP contribution in [-0.2, 0) is 11.3 Å². The van der Waals surface area contributed by atoms with E-state index in [0.29, 0.717) is 5.95 Å². The van der Waals surface area contributed by atoms with E-state index in [1.165, 1.54) is 11.3 Å². The summed E-state index contributed by atoms with van der Waals surface area (Å²) in [5, 5.41) is 7.28. The van der Waals surface area contributed by atoms with E-state index in [9.17, 15) is 4.79 Å². The maximum atomic E-state index is 11.9. The summed E-state index contributed by atoms with van der Waals surface area (Å²) in [6.45, 7) is 10.8. The fraction of sp³-hybridized carbons (Fsp3) is 0.409. The molecule has 1 saturated heterocycles. The van der Waals surface area contributed by atoms with Gasteiger partial charge in [-0.05, 0) is 24.6 Å². The van der Waals surface area contributed by atoms with Crippen molar-refractivity contribution in [3.8, 4) is 0 Å². The maximum Gasteiger partial charge on any atom is 0.249 e. The van der Waals surface area contributed by atoms with Gasteiger partial charge in [-0.2, -0.15) is 4.98 Å². The van der Waals surface area contributed by atoms with Crippen LogP contribution in [0.1, 0.15) is 25.1 Å². The van der Waals surface area contributed by atoms with Crippen LogP contribution in [0.5, 0.6) is 0 Å². The third-order valence-electron chi connectivity index (χ3n) is 5.43. The lowest BCUT2D eigenvalue weighted by atomic mass is 10.2. The summed E-state index contributed by atoms with van der Waals surface area (Å²) in [4.78, 5) is 21.3. The summed E-state index contributed by atoms with van der Waals surface area (Å²) in [7, 11) is 0. The minimum atomic E-state index is -0.106. The molecule has 0 bridgehead atoms. The van der Waals surface area contributed by atoms with Crippen LogP contribution in [0.25, 0.3) is 5.65 Å². The highest BCUT2D eigenvalue weighted by Gasteiger charge is 2.20. The first kappa shape index (κ1) is 19.4. The molecule has 152 valence electrons. The molecule has 0 saturated carbocycles. The monoisotopic (exact) mass is 392 g/mol. The van der Waals surface area contributed by atoms with Gasteiger partial charge in [0.1, 0.15) is 0 Å². The van der Waals surface area contributed by atoms with Crippen LogP contribution >= 0.6 is 0 Å². The van der Waals surface area contributed by atoms with Crippen molar-refractivity contribution in [2.24, 2.45) is 5.92 Å². The Morgan fingerprint density at radius 1 is 1.07 bits per heavy atom. The lowest BCUT2D eigenvalue weighted by Crippen LogP contribution is -2.46. The third-order valence-corrected chi connectivity index (χ3v) is 5.43. The number of nitrogens with one attached hydrogen (secondary N) is 1. The van der Waals surface area contributed by atoms with E-state index < -0.39 is 0 Å². The normalized spacial score (nSPS) is 15.2. The average Bonchev–Trinajstić information content (AvgIpc) is 3.13. The molecular weight excluding hydrogens is 364 g/mol. The summed E-state index contributed by atoms with van der Waals surface area (Å²) < 4.78 is 1.82. The van der Waals surface area contributed by atoms with Gasteiger partial charge in [0.2, 0.25) is 11.9 Å². The number of aromatic nitrogens is 3. The molecule has 2 aromatic heterocycles. The number of pyridine rings is 1. The third kappa shape index (κ3) is 4.24. The molecule has 0 unspecified atom stereocenters. The molecule has 0 radical (unpaired) electrons. The summed E-state index contributed by atoms with van der Waals surface area (Å²) in [5.41, 5.74) is 4.31. The van der Waals surface area contributed by atoms with E-state index in [0.717, 1.165) is 44.1 Å². The van der Waals surface area contributed by atoms with Crippen molar-refractivity contribution in [1.29, 1.82) is 0 Å². The molecule has 1 fully saturated rings. The smallest absolute Gasteiger partial charge is 0.249 e. The first-order chi connectivity index (χ1) is 14.0. The highest BCUT2D eigenvalue weighted by molar-refractivity contribution is 5.90. The Morgan fingerprint density at radius 2 is 1.79 bits per heavy atom. The number of aryl methyl sites for hydroxylation is 1. The van der Waals surface area contributed by atoms with Crippen molar-refractivity contribution in [2.45, 2.75) is 27.3 Å². The van der Waals surface area contributed by atoms with Crippen molar-refractivity contribution in [1.82, 2.24) is 19.5 Å². The zero-order chi connectivity index (χ0) is 20.4. The molecule has 0 atom stereocenters. The number of fused-ring (bicyclic) bond motifs is 1. The number of hydrogen-bond donors (Lipinski definition) is 1. The number of carbonyl (C=O) groups excluding carboxylic acids is 1. The number of piperazine rings is 1. The molecule has 1 aliphatic heterocycles. The zero-order valence-corrected chi connectivity index (χ0v) is 17.3. The highest BCUT2D eigenvalue weighted by Crippen LogP contribution is 2.23. The van der Waals surface area contributed by atoms with Crippen LogP contribution in [0.2, 0.25) is 0 Å². The molecule has 1 N–H and O–H groups in total. The minimum Gasteiger partial charge on any atom is -0.368 e. The molecule has 1 aliphatic rings. The van der Waals surface area contributed by atoms with E-state index in [2.05, 4.69) is 68.5 Å². The number of hydrogen-bond acceptors (Lipinski definition) is 5. The second kappa shape index (κ2) is 8.21. The Morgan fingerprint density at radius 3 is 2.48 bits per heavy atom. The van der Waals surface area contributed by atoms with Gasteiger partial charge in [-0.25, -0.2) is 4.52 Å². The molecule has 4 rings (SSSR count). The predicted molar refractivity (Wildman–Crippen MR) is 115 cm³/mol. The van der Waals surface area contributed by atoms with Crippen molar-refractivity contribution >= 4 is 23.2 Å². The molecule has 7 nitrogen and oxygen atoms in total. The van der Waals surface area contributed by atoms with Crippen molar-refractivity contribution in [3.63, 3.8) is 0 Å². The van der Waals surface area contributed by atoms with Crippen molar-refractivity contribution < 1.29 is 4.79 Å². The molecular formula is C22H28N6O. The standard InChI is InChI=1S/C22H28N6O/c1-16(2)21(29)24-22-23-20-10-9-19(17(3)28(20)25-22)27-13-11-26(12-14-27)15-18-7-5-4-6-8-18/h4-10,16H,11-15H2,1-3H3,(H,24,25,29). The molecule has 3 aromatic rings. The second-order valence-electron chi connectivity index (χ2n) is 7.90. The predicted octanol–water partition coefficient (Wildman–Crippen LogP) is 2.95. The summed E-state index contributed by atoms with van der Waals surface area (Å²) in [6, 6.07) is 14.7. The van der Waals surface area contributed by atoms with Crippen molar-refractivity contribution in [2.75, 3.05) is 36.4 Å². The SMILES string of the molecule is Cc1c(N2CCN(Cc3ccccc3)CC2)ccc2nc(NC(=O)C(C)C)nn12. The fourth-order valence-corrected chi connectivity index (χ4v) is 3.69. The molecule has 0 spiro atoms. The topological polar surface area (TPSA) is 65.8 Å². The minimum absolute atomic E-state index is 0.0756. The van der Waals surface area contributed by atoms with E-state index in [4.69, 9.17) is 0 Å². The van der Waals surface area contributed by atoms with Gasteiger partial charge in [0.05, 0.1) is 11.4 Å². The number of carbonyl (C=O) groups is 1. The number of nitrogens with zero attached hydrogens (tertiary/aromatic N) is 5. The van der Waals surface area contributed by atoms with Crippen LogP contribution in [0.3, 0.4) is 0 Å². The second-order valence-corrected chi connectivity index (χ2v) is 7.90. The molecule has 29 heavy (non-hydrogen) atoms.